The standard InChI is InChI=1S/C8H12ClN3/c1-2-12-5-11-8(9)7(12)6-3-10-4-6/h5-6,10H,2-4H2,1H3. The van der Waals surface area contributed by atoms with Gasteiger partial charge in [0.25, 0.3) is 0 Å². The number of rotatable bonds is 2. The molecule has 1 aromatic rings. The molecule has 1 aromatic heterocycles. The molecule has 4 heteroatoms. The van der Waals surface area contributed by atoms with Crippen LogP contribution in [0.25, 0.3) is 0 Å². The summed E-state index contributed by atoms with van der Waals surface area (Å²) in [5.74, 6) is 0.569. The molecule has 3 nitrogen and oxygen atoms in total. The predicted molar refractivity (Wildman–Crippen MR) is 48.5 cm³/mol. The Kier molecular flexibility index (Phi) is 2.07. The third kappa shape index (κ3) is 1.13. The largest absolute Gasteiger partial charge is 0.333 e. The fourth-order valence-corrected chi connectivity index (χ4v) is 1.81. The molecule has 0 spiro atoms. The van der Waals surface area contributed by atoms with Crippen molar-refractivity contribution in [1.82, 2.24) is 14.9 Å². The number of nitrogens with zero attached hydrogens (tertiary/aromatic N) is 2. The molecule has 0 aliphatic carbocycles. The van der Waals surface area contributed by atoms with Gasteiger partial charge in [0, 0.05) is 25.6 Å². The maximum absolute atomic E-state index is 5.97. The van der Waals surface area contributed by atoms with Gasteiger partial charge in [0.15, 0.2) is 5.15 Å². The highest BCUT2D eigenvalue weighted by molar-refractivity contribution is 6.30. The lowest BCUT2D eigenvalue weighted by Crippen LogP contribution is -2.41. The van der Waals surface area contributed by atoms with Crippen LogP contribution in [0.5, 0.6) is 0 Å². The van der Waals surface area contributed by atoms with Gasteiger partial charge in [0.2, 0.25) is 0 Å². The molecule has 1 fully saturated rings. The first kappa shape index (κ1) is 8.08. The van der Waals surface area contributed by atoms with E-state index in [2.05, 4.69) is 21.8 Å². The van der Waals surface area contributed by atoms with Crippen molar-refractivity contribution < 1.29 is 0 Å². The van der Waals surface area contributed by atoms with Gasteiger partial charge in [-0.05, 0) is 6.92 Å². The van der Waals surface area contributed by atoms with Crippen molar-refractivity contribution in [2.75, 3.05) is 13.1 Å². The van der Waals surface area contributed by atoms with Gasteiger partial charge in [0.1, 0.15) is 0 Å². The third-order valence-corrected chi connectivity index (χ3v) is 2.63. The predicted octanol–water partition coefficient (Wildman–Crippen LogP) is 1.24. The summed E-state index contributed by atoms with van der Waals surface area (Å²) in [6.07, 6.45) is 1.82. The fraction of sp³-hybridized carbons (Fsp3) is 0.625. The van der Waals surface area contributed by atoms with Crippen molar-refractivity contribution in [2.45, 2.75) is 19.4 Å². The topological polar surface area (TPSA) is 29.9 Å². The van der Waals surface area contributed by atoms with Gasteiger partial charge in [-0.15, -0.1) is 0 Å². The van der Waals surface area contributed by atoms with E-state index in [9.17, 15) is 0 Å². The van der Waals surface area contributed by atoms with Crippen LogP contribution >= 0.6 is 11.6 Å². The summed E-state index contributed by atoms with van der Waals surface area (Å²) in [4.78, 5) is 4.09. The molecule has 2 heterocycles. The molecule has 0 atom stereocenters. The van der Waals surface area contributed by atoms with Gasteiger partial charge in [-0.3, -0.25) is 0 Å². The zero-order valence-corrected chi connectivity index (χ0v) is 7.80. The Balaban J connectivity index is 2.31. The number of aromatic nitrogens is 2. The van der Waals surface area contributed by atoms with Gasteiger partial charge in [-0.2, -0.15) is 0 Å². The lowest BCUT2D eigenvalue weighted by atomic mass is 10.00. The Bertz CT molecular complexity index is 278. The zero-order valence-electron chi connectivity index (χ0n) is 7.05. The minimum absolute atomic E-state index is 0.569. The second-order valence-electron chi connectivity index (χ2n) is 3.06. The van der Waals surface area contributed by atoms with E-state index >= 15 is 0 Å². The zero-order chi connectivity index (χ0) is 8.55. The van der Waals surface area contributed by atoms with E-state index in [-0.39, 0.29) is 0 Å². The number of imidazole rings is 1. The molecule has 0 radical (unpaired) electrons. The SMILES string of the molecule is CCn1cnc(Cl)c1C1CNC1. The van der Waals surface area contributed by atoms with E-state index < -0.39 is 0 Å². The number of nitrogens with one attached hydrogen (secondary N) is 1. The first-order valence-electron chi connectivity index (χ1n) is 4.24. The second-order valence-corrected chi connectivity index (χ2v) is 3.42. The minimum Gasteiger partial charge on any atom is -0.333 e. The fourth-order valence-electron chi connectivity index (χ4n) is 1.50. The highest BCUT2D eigenvalue weighted by Gasteiger charge is 2.24. The summed E-state index contributed by atoms with van der Waals surface area (Å²) in [5, 5.41) is 3.90. The van der Waals surface area contributed by atoms with E-state index in [0.29, 0.717) is 11.1 Å². The minimum atomic E-state index is 0.569. The molecule has 1 aliphatic heterocycles. The van der Waals surface area contributed by atoms with Crippen molar-refractivity contribution in [3.8, 4) is 0 Å². The molecule has 0 aromatic carbocycles. The first-order valence-corrected chi connectivity index (χ1v) is 4.62. The molecule has 0 saturated carbocycles. The van der Waals surface area contributed by atoms with E-state index in [4.69, 9.17) is 11.6 Å². The maximum Gasteiger partial charge on any atom is 0.150 e. The van der Waals surface area contributed by atoms with Crippen LogP contribution < -0.4 is 5.32 Å². The molecule has 12 heavy (non-hydrogen) atoms. The maximum atomic E-state index is 5.97. The third-order valence-electron chi connectivity index (χ3n) is 2.34. The van der Waals surface area contributed by atoms with E-state index in [1.54, 1.807) is 0 Å². The first-order chi connectivity index (χ1) is 5.83. The summed E-state index contributed by atoms with van der Waals surface area (Å²) in [6, 6.07) is 0. The Morgan fingerprint density at radius 1 is 1.75 bits per heavy atom. The Labute approximate surface area is 76.7 Å². The smallest absolute Gasteiger partial charge is 0.150 e. The number of hydrogen-bond acceptors (Lipinski definition) is 2. The number of hydrogen-bond donors (Lipinski definition) is 1. The van der Waals surface area contributed by atoms with Gasteiger partial charge < -0.3 is 9.88 Å². The second kappa shape index (κ2) is 3.07. The molecule has 1 aliphatic rings. The van der Waals surface area contributed by atoms with Crippen molar-refractivity contribution in [1.29, 1.82) is 0 Å². The average Bonchev–Trinajstić information content (AvgIpc) is 2.30. The van der Waals surface area contributed by atoms with Gasteiger partial charge in [-0.25, -0.2) is 4.98 Å². The molecule has 0 amide bonds. The molecule has 66 valence electrons. The van der Waals surface area contributed by atoms with Crippen LogP contribution in [-0.4, -0.2) is 22.6 Å². The van der Waals surface area contributed by atoms with Crippen LogP contribution in [0.1, 0.15) is 18.5 Å². The number of halogens is 1. The van der Waals surface area contributed by atoms with Gasteiger partial charge in [0.05, 0.1) is 12.0 Å². The Hall–Kier alpha value is -0.540. The highest BCUT2D eigenvalue weighted by atomic mass is 35.5. The van der Waals surface area contributed by atoms with Crippen LogP contribution in [0.2, 0.25) is 5.15 Å². The summed E-state index contributed by atoms with van der Waals surface area (Å²) in [7, 11) is 0. The van der Waals surface area contributed by atoms with Crippen LogP contribution in [0.15, 0.2) is 6.33 Å². The lowest BCUT2D eigenvalue weighted by Gasteiger charge is -2.27. The molecular formula is C8H12ClN3. The van der Waals surface area contributed by atoms with Crippen LogP contribution in [-0.2, 0) is 6.54 Å². The average molecular weight is 186 g/mol. The summed E-state index contributed by atoms with van der Waals surface area (Å²) >= 11 is 5.97. The Morgan fingerprint density at radius 3 is 3.00 bits per heavy atom. The highest BCUT2D eigenvalue weighted by Crippen LogP contribution is 2.26. The molecule has 1 N–H and O–H groups in total. The summed E-state index contributed by atoms with van der Waals surface area (Å²) in [5.41, 5.74) is 1.19. The van der Waals surface area contributed by atoms with Gasteiger partial charge in [-0.1, -0.05) is 11.6 Å². The van der Waals surface area contributed by atoms with Crippen molar-refractivity contribution in [2.24, 2.45) is 0 Å². The molecule has 0 bridgehead atoms. The monoisotopic (exact) mass is 185 g/mol. The summed E-state index contributed by atoms with van der Waals surface area (Å²) < 4.78 is 2.12. The molecule has 0 unspecified atom stereocenters. The quantitative estimate of drug-likeness (QED) is 0.752. The summed E-state index contributed by atoms with van der Waals surface area (Å²) in [6.45, 7) is 5.12. The van der Waals surface area contributed by atoms with Crippen molar-refractivity contribution in [3.05, 3.63) is 17.2 Å². The van der Waals surface area contributed by atoms with Crippen LogP contribution in [0.4, 0.5) is 0 Å². The van der Waals surface area contributed by atoms with Crippen LogP contribution in [0.3, 0.4) is 0 Å². The number of aryl methyl sites for hydroxylation is 1. The van der Waals surface area contributed by atoms with Gasteiger partial charge >= 0.3 is 0 Å². The van der Waals surface area contributed by atoms with Crippen molar-refractivity contribution in [3.63, 3.8) is 0 Å². The molecular weight excluding hydrogens is 174 g/mol. The molecule has 2 rings (SSSR count). The lowest BCUT2D eigenvalue weighted by molar-refractivity contribution is 0.426. The molecule has 1 saturated heterocycles. The van der Waals surface area contributed by atoms with Crippen LogP contribution in [0, 0.1) is 0 Å². The normalized spacial score (nSPS) is 17.8. The van der Waals surface area contributed by atoms with E-state index in [0.717, 1.165) is 19.6 Å². The Morgan fingerprint density at radius 2 is 2.50 bits per heavy atom. The van der Waals surface area contributed by atoms with E-state index in [1.807, 2.05) is 6.33 Å². The van der Waals surface area contributed by atoms with Crippen molar-refractivity contribution >= 4 is 11.6 Å². The van der Waals surface area contributed by atoms with E-state index in [1.165, 1.54) is 5.69 Å².